The number of hydrogen-bond acceptors (Lipinski definition) is 3. The Morgan fingerprint density at radius 3 is 2.32 bits per heavy atom. The highest BCUT2D eigenvalue weighted by molar-refractivity contribution is 5.95. The molecular weight excluding hydrogens is 388 g/mol. The fourth-order valence-corrected chi connectivity index (χ4v) is 3.43. The van der Waals surface area contributed by atoms with E-state index in [0.717, 1.165) is 33.9 Å². The summed E-state index contributed by atoms with van der Waals surface area (Å²) in [6.07, 6.45) is 0. The van der Waals surface area contributed by atoms with E-state index in [2.05, 4.69) is 12.2 Å². The van der Waals surface area contributed by atoms with Crippen molar-refractivity contribution in [2.75, 3.05) is 25.1 Å². The standard InChI is InChI=1S/C26H30N2O3/c1-4-30-24-16-15-21(17-25(24)31-5-2)19(3)27-18-26(29)28-23-14-10-9-13-22(23)20-11-7-6-8-12-20/h6-17,19,27H,4-5,18H2,1-3H3,(H,28,29)/p+1/t19-/m1/s1. The van der Waals surface area contributed by atoms with E-state index >= 15 is 0 Å². The third-order valence-corrected chi connectivity index (χ3v) is 5.04. The SMILES string of the molecule is CCOc1ccc([C@@H](C)[NH2+]CC(=O)Nc2ccccc2-c2ccccc2)cc1OCC. The van der Waals surface area contributed by atoms with Crippen LogP contribution in [0.3, 0.4) is 0 Å². The number of hydrogen-bond donors (Lipinski definition) is 2. The zero-order valence-electron chi connectivity index (χ0n) is 18.4. The average molecular weight is 420 g/mol. The molecule has 0 aliphatic rings. The predicted molar refractivity (Wildman–Crippen MR) is 124 cm³/mol. The van der Waals surface area contributed by atoms with Crippen LogP contribution in [0.25, 0.3) is 11.1 Å². The molecule has 5 heteroatoms. The van der Waals surface area contributed by atoms with Gasteiger partial charge < -0.3 is 20.1 Å². The molecule has 0 spiro atoms. The van der Waals surface area contributed by atoms with Gasteiger partial charge in [0.1, 0.15) is 6.04 Å². The molecule has 162 valence electrons. The number of ether oxygens (including phenoxy) is 2. The van der Waals surface area contributed by atoms with Gasteiger partial charge >= 0.3 is 0 Å². The topological polar surface area (TPSA) is 64.2 Å². The van der Waals surface area contributed by atoms with Gasteiger partial charge in [0.25, 0.3) is 5.91 Å². The second-order valence-electron chi connectivity index (χ2n) is 7.26. The van der Waals surface area contributed by atoms with Crippen molar-refractivity contribution in [1.29, 1.82) is 0 Å². The van der Waals surface area contributed by atoms with E-state index in [9.17, 15) is 4.79 Å². The summed E-state index contributed by atoms with van der Waals surface area (Å²) < 4.78 is 11.4. The molecular formula is C26H31N2O3+. The summed E-state index contributed by atoms with van der Waals surface area (Å²) in [5.74, 6) is 1.45. The quantitative estimate of drug-likeness (QED) is 0.511. The number of carbonyl (C=O) groups is 1. The van der Waals surface area contributed by atoms with Crippen LogP contribution in [0.15, 0.2) is 72.8 Å². The fourth-order valence-electron chi connectivity index (χ4n) is 3.43. The molecule has 0 aliphatic carbocycles. The van der Waals surface area contributed by atoms with Crippen molar-refractivity contribution in [2.24, 2.45) is 0 Å². The molecule has 31 heavy (non-hydrogen) atoms. The Kier molecular flexibility index (Phi) is 8.07. The van der Waals surface area contributed by atoms with E-state index in [1.165, 1.54) is 0 Å². The minimum Gasteiger partial charge on any atom is -0.490 e. The number of quaternary nitrogens is 1. The fraction of sp³-hybridized carbons (Fsp3) is 0.269. The van der Waals surface area contributed by atoms with Crippen LogP contribution in [-0.2, 0) is 4.79 Å². The summed E-state index contributed by atoms with van der Waals surface area (Å²) in [5, 5.41) is 5.08. The Bertz CT molecular complexity index is 989. The molecule has 0 aromatic heterocycles. The first-order valence-corrected chi connectivity index (χ1v) is 10.8. The minimum absolute atomic E-state index is 0.0359. The zero-order chi connectivity index (χ0) is 22.1. The number of benzene rings is 3. The van der Waals surface area contributed by atoms with Gasteiger partial charge in [-0.1, -0.05) is 48.5 Å². The zero-order valence-corrected chi connectivity index (χ0v) is 18.4. The second kappa shape index (κ2) is 11.2. The monoisotopic (exact) mass is 419 g/mol. The van der Waals surface area contributed by atoms with Gasteiger partial charge in [-0.25, -0.2) is 0 Å². The highest BCUT2D eigenvalue weighted by Gasteiger charge is 2.16. The Morgan fingerprint density at radius 1 is 0.903 bits per heavy atom. The van der Waals surface area contributed by atoms with E-state index in [0.29, 0.717) is 19.8 Å². The van der Waals surface area contributed by atoms with Crippen LogP contribution in [0, 0.1) is 0 Å². The molecule has 3 aromatic carbocycles. The van der Waals surface area contributed by atoms with Crippen LogP contribution in [0.2, 0.25) is 0 Å². The summed E-state index contributed by atoms with van der Waals surface area (Å²) in [7, 11) is 0. The number of para-hydroxylation sites is 1. The Balaban J connectivity index is 1.63. The largest absolute Gasteiger partial charge is 0.490 e. The van der Waals surface area contributed by atoms with Gasteiger partial charge in [0.2, 0.25) is 0 Å². The lowest BCUT2D eigenvalue weighted by Gasteiger charge is -2.16. The van der Waals surface area contributed by atoms with Gasteiger partial charge in [-0.2, -0.15) is 0 Å². The maximum Gasteiger partial charge on any atom is 0.279 e. The molecule has 1 amide bonds. The maximum atomic E-state index is 12.7. The lowest BCUT2D eigenvalue weighted by atomic mass is 10.0. The molecule has 1 atom stereocenters. The van der Waals surface area contributed by atoms with Crippen molar-refractivity contribution in [3.05, 3.63) is 78.4 Å². The van der Waals surface area contributed by atoms with Crippen molar-refractivity contribution in [1.82, 2.24) is 0 Å². The Morgan fingerprint density at radius 2 is 1.58 bits per heavy atom. The van der Waals surface area contributed by atoms with Crippen LogP contribution >= 0.6 is 0 Å². The Hall–Kier alpha value is -3.31. The van der Waals surface area contributed by atoms with Crippen LogP contribution < -0.4 is 20.1 Å². The number of carbonyl (C=O) groups excluding carboxylic acids is 1. The summed E-state index contributed by atoms with van der Waals surface area (Å²) in [5.41, 5.74) is 4.00. The summed E-state index contributed by atoms with van der Waals surface area (Å²) in [6, 6.07) is 24.0. The number of rotatable bonds is 10. The average Bonchev–Trinajstić information content (AvgIpc) is 2.80. The minimum atomic E-state index is -0.0359. The normalized spacial score (nSPS) is 11.6. The van der Waals surface area contributed by atoms with Crippen molar-refractivity contribution < 1.29 is 19.6 Å². The number of nitrogens with one attached hydrogen (secondary N) is 1. The second-order valence-corrected chi connectivity index (χ2v) is 7.26. The molecule has 0 fully saturated rings. The van der Waals surface area contributed by atoms with Crippen LogP contribution in [-0.4, -0.2) is 25.7 Å². The van der Waals surface area contributed by atoms with Gasteiger partial charge in [0, 0.05) is 16.8 Å². The number of nitrogens with two attached hydrogens (primary N) is 1. The van der Waals surface area contributed by atoms with Gasteiger partial charge in [-0.3, -0.25) is 4.79 Å². The van der Waals surface area contributed by atoms with Crippen molar-refractivity contribution >= 4 is 11.6 Å². The molecule has 0 saturated carbocycles. The molecule has 0 aliphatic heterocycles. The lowest BCUT2D eigenvalue weighted by Crippen LogP contribution is -2.86. The third-order valence-electron chi connectivity index (χ3n) is 5.04. The van der Waals surface area contributed by atoms with Crippen molar-refractivity contribution in [3.63, 3.8) is 0 Å². The summed E-state index contributed by atoms with van der Waals surface area (Å²) in [4.78, 5) is 12.7. The van der Waals surface area contributed by atoms with Crippen molar-refractivity contribution in [2.45, 2.75) is 26.8 Å². The highest BCUT2D eigenvalue weighted by atomic mass is 16.5. The van der Waals surface area contributed by atoms with E-state index in [4.69, 9.17) is 9.47 Å². The third kappa shape index (κ3) is 6.09. The van der Waals surface area contributed by atoms with E-state index in [1.807, 2.05) is 92.0 Å². The lowest BCUT2D eigenvalue weighted by molar-refractivity contribution is -0.682. The first-order chi connectivity index (χ1) is 15.1. The predicted octanol–water partition coefficient (Wildman–Crippen LogP) is 4.41. The van der Waals surface area contributed by atoms with E-state index < -0.39 is 0 Å². The molecule has 0 radical (unpaired) electrons. The first-order valence-electron chi connectivity index (χ1n) is 10.8. The van der Waals surface area contributed by atoms with Crippen LogP contribution in [0.5, 0.6) is 11.5 Å². The van der Waals surface area contributed by atoms with Gasteiger partial charge in [0.15, 0.2) is 18.0 Å². The molecule has 3 aromatic rings. The molecule has 5 nitrogen and oxygen atoms in total. The molecule has 0 saturated heterocycles. The smallest absolute Gasteiger partial charge is 0.279 e. The van der Waals surface area contributed by atoms with Gasteiger partial charge in [-0.15, -0.1) is 0 Å². The molecule has 3 rings (SSSR count). The molecule has 0 bridgehead atoms. The molecule has 0 unspecified atom stereocenters. The van der Waals surface area contributed by atoms with Crippen LogP contribution in [0.1, 0.15) is 32.4 Å². The molecule has 0 heterocycles. The number of anilines is 1. The van der Waals surface area contributed by atoms with E-state index in [1.54, 1.807) is 0 Å². The molecule has 3 N–H and O–H groups in total. The van der Waals surface area contributed by atoms with Gasteiger partial charge in [-0.05, 0) is 50.6 Å². The number of amides is 1. The van der Waals surface area contributed by atoms with E-state index in [-0.39, 0.29) is 11.9 Å². The summed E-state index contributed by atoms with van der Waals surface area (Å²) >= 11 is 0. The van der Waals surface area contributed by atoms with Gasteiger partial charge in [0.05, 0.1) is 13.2 Å². The van der Waals surface area contributed by atoms with Crippen LogP contribution in [0.4, 0.5) is 5.69 Å². The summed E-state index contributed by atoms with van der Waals surface area (Å²) in [6.45, 7) is 7.47. The van der Waals surface area contributed by atoms with Crippen molar-refractivity contribution in [3.8, 4) is 22.6 Å². The maximum absolute atomic E-state index is 12.7. The first kappa shape index (κ1) is 22.4. The highest BCUT2D eigenvalue weighted by Crippen LogP contribution is 2.30. The Labute approximate surface area is 184 Å².